The van der Waals surface area contributed by atoms with Crippen LogP contribution in [0.5, 0.6) is 5.75 Å². The zero-order chi connectivity index (χ0) is 18.8. The fourth-order valence-corrected chi connectivity index (χ4v) is 2.02. The van der Waals surface area contributed by atoms with Gasteiger partial charge in [0, 0.05) is 18.7 Å². The Morgan fingerprint density at radius 2 is 1.96 bits per heavy atom. The van der Waals surface area contributed by atoms with Crippen LogP contribution in [-0.4, -0.2) is 53.9 Å². The second-order valence-corrected chi connectivity index (χ2v) is 5.78. The molecule has 0 aliphatic rings. The number of hydrogen-bond acceptors (Lipinski definition) is 5. The van der Waals surface area contributed by atoms with Gasteiger partial charge in [0.2, 0.25) is 5.91 Å². The number of anilines is 1. The third-order valence-electron chi connectivity index (χ3n) is 3.21. The molecule has 0 saturated carbocycles. The van der Waals surface area contributed by atoms with Crippen LogP contribution in [0.1, 0.15) is 20.8 Å². The molecule has 0 spiro atoms. The highest BCUT2D eigenvalue weighted by molar-refractivity contribution is 5.88. The minimum Gasteiger partial charge on any atom is -0.491 e. The fourth-order valence-electron chi connectivity index (χ4n) is 2.02. The van der Waals surface area contributed by atoms with Crippen LogP contribution in [-0.2, 0) is 9.53 Å². The Balaban J connectivity index is 2.51. The van der Waals surface area contributed by atoms with Crippen molar-refractivity contribution < 1.29 is 24.2 Å². The van der Waals surface area contributed by atoms with E-state index in [1.54, 1.807) is 24.3 Å². The Morgan fingerprint density at radius 3 is 2.48 bits per heavy atom. The van der Waals surface area contributed by atoms with Crippen LogP contribution < -0.4 is 10.1 Å². The molecule has 0 fully saturated rings. The lowest BCUT2D eigenvalue weighted by atomic mass is 10.2. The van der Waals surface area contributed by atoms with Gasteiger partial charge in [0.05, 0.1) is 6.54 Å². The first kappa shape index (κ1) is 20.5. The Morgan fingerprint density at radius 1 is 1.32 bits per heavy atom. The van der Waals surface area contributed by atoms with E-state index >= 15 is 0 Å². The summed E-state index contributed by atoms with van der Waals surface area (Å²) >= 11 is 0. The van der Waals surface area contributed by atoms with Gasteiger partial charge in [-0.3, -0.25) is 4.79 Å². The van der Waals surface area contributed by atoms with Crippen LogP contribution in [0.2, 0.25) is 0 Å². The number of hydrogen-bond donors (Lipinski definition) is 2. The lowest BCUT2D eigenvalue weighted by Gasteiger charge is -2.28. The van der Waals surface area contributed by atoms with Gasteiger partial charge < -0.3 is 24.8 Å². The predicted molar refractivity (Wildman–Crippen MR) is 95.6 cm³/mol. The number of carbonyl (C=O) groups excluding carboxylic acids is 2. The van der Waals surface area contributed by atoms with Crippen molar-refractivity contribution in [3.8, 4) is 5.75 Å². The molecule has 2 amide bonds. The highest BCUT2D eigenvalue weighted by atomic mass is 16.6. The second kappa shape index (κ2) is 10.4. The Hall–Kier alpha value is -2.54. The summed E-state index contributed by atoms with van der Waals surface area (Å²) in [5.41, 5.74) is 0.663. The van der Waals surface area contributed by atoms with Crippen molar-refractivity contribution in [1.82, 2.24) is 4.90 Å². The van der Waals surface area contributed by atoms with E-state index in [2.05, 4.69) is 11.9 Å². The van der Waals surface area contributed by atoms with Gasteiger partial charge in [0.1, 0.15) is 25.1 Å². The van der Waals surface area contributed by atoms with Gasteiger partial charge in [-0.15, -0.1) is 0 Å². The van der Waals surface area contributed by atoms with E-state index < -0.39 is 12.2 Å². The number of nitrogens with one attached hydrogen (secondary N) is 1. The molecule has 138 valence electrons. The lowest BCUT2D eigenvalue weighted by molar-refractivity contribution is -0.114. The quantitative estimate of drug-likeness (QED) is 0.668. The zero-order valence-electron chi connectivity index (χ0n) is 14.9. The Bertz CT molecular complexity index is 571. The summed E-state index contributed by atoms with van der Waals surface area (Å²) in [4.78, 5) is 24.3. The number of nitrogens with zero attached hydrogens (tertiary/aromatic N) is 1. The van der Waals surface area contributed by atoms with Crippen molar-refractivity contribution in [3.05, 3.63) is 36.9 Å². The largest absolute Gasteiger partial charge is 0.491 e. The molecule has 7 nitrogen and oxygen atoms in total. The first-order chi connectivity index (χ1) is 11.8. The number of aliphatic hydroxyl groups is 1. The molecule has 1 unspecified atom stereocenters. The number of benzene rings is 1. The fraction of sp³-hybridized carbons (Fsp3) is 0.444. The summed E-state index contributed by atoms with van der Waals surface area (Å²) in [6, 6.07) is 6.67. The maximum Gasteiger partial charge on any atom is 0.410 e. The van der Waals surface area contributed by atoms with E-state index in [9.17, 15) is 14.7 Å². The van der Waals surface area contributed by atoms with Gasteiger partial charge in [-0.1, -0.05) is 12.7 Å². The van der Waals surface area contributed by atoms with Crippen LogP contribution in [0, 0.1) is 0 Å². The van der Waals surface area contributed by atoms with E-state index in [-0.39, 0.29) is 31.7 Å². The molecule has 2 N–H and O–H groups in total. The molecule has 1 atom stereocenters. The molecule has 1 rings (SSSR count). The van der Waals surface area contributed by atoms with Gasteiger partial charge in [0.25, 0.3) is 0 Å². The van der Waals surface area contributed by atoms with Crippen LogP contribution >= 0.6 is 0 Å². The number of amides is 2. The summed E-state index contributed by atoms with van der Waals surface area (Å²) in [6.45, 7) is 8.84. The molecule has 7 heteroatoms. The summed E-state index contributed by atoms with van der Waals surface area (Å²) in [5.74, 6) is 0.402. The summed E-state index contributed by atoms with van der Waals surface area (Å²) in [5, 5.41) is 12.8. The van der Waals surface area contributed by atoms with Crippen molar-refractivity contribution in [2.24, 2.45) is 0 Å². The van der Waals surface area contributed by atoms with E-state index in [4.69, 9.17) is 9.47 Å². The monoisotopic (exact) mass is 350 g/mol. The summed E-state index contributed by atoms with van der Waals surface area (Å²) < 4.78 is 10.5. The first-order valence-corrected chi connectivity index (χ1v) is 8.06. The van der Waals surface area contributed by atoms with Gasteiger partial charge in [0.15, 0.2) is 0 Å². The minimum atomic E-state index is -0.867. The van der Waals surface area contributed by atoms with Crippen LogP contribution in [0.4, 0.5) is 10.5 Å². The van der Waals surface area contributed by atoms with E-state index in [0.717, 1.165) is 0 Å². The molecule has 0 radical (unpaired) electrons. The third kappa shape index (κ3) is 7.71. The molecular weight excluding hydrogens is 324 g/mol. The number of rotatable bonds is 9. The van der Waals surface area contributed by atoms with Crippen molar-refractivity contribution in [3.63, 3.8) is 0 Å². The maximum atomic E-state index is 11.9. The topological polar surface area (TPSA) is 88.1 Å². The molecule has 25 heavy (non-hydrogen) atoms. The molecule has 1 aromatic rings. The van der Waals surface area contributed by atoms with Gasteiger partial charge >= 0.3 is 6.09 Å². The van der Waals surface area contributed by atoms with E-state index in [0.29, 0.717) is 11.4 Å². The number of carbonyl (C=O) groups is 2. The van der Waals surface area contributed by atoms with Crippen molar-refractivity contribution >= 4 is 17.7 Å². The molecule has 1 aromatic carbocycles. The van der Waals surface area contributed by atoms with Crippen LogP contribution in [0.15, 0.2) is 36.9 Å². The Labute approximate surface area is 148 Å². The Kier molecular flexibility index (Phi) is 8.49. The number of ether oxygens (including phenoxy) is 2. The standard InChI is InChI=1S/C18H26N2O5/c1-5-10-24-18(23)20(13(2)3)11-16(22)12-25-17-8-6-15(7-9-17)19-14(4)21/h5-9,13,16,22H,1,10-12H2,2-4H3,(H,19,21). The van der Waals surface area contributed by atoms with Crippen LogP contribution in [0.25, 0.3) is 0 Å². The lowest BCUT2D eigenvalue weighted by Crippen LogP contribution is -2.44. The zero-order valence-corrected chi connectivity index (χ0v) is 14.9. The molecule has 0 aliphatic carbocycles. The van der Waals surface area contributed by atoms with E-state index in [1.165, 1.54) is 17.9 Å². The average Bonchev–Trinajstić information content (AvgIpc) is 2.56. The van der Waals surface area contributed by atoms with Gasteiger partial charge in [-0.2, -0.15) is 0 Å². The third-order valence-corrected chi connectivity index (χ3v) is 3.21. The van der Waals surface area contributed by atoms with E-state index in [1.807, 2.05) is 13.8 Å². The highest BCUT2D eigenvalue weighted by Gasteiger charge is 2.21. The number of aliphatic hydroxyl groups excluding tert-OH is 1. The molecule has 0 saturated heterocycles. The summed E-state index contributed by atoms with van der Waals surface area (Å²) in [7, 11) is 0. The normalized spacial score (nSPS) is 11.6. The van der Waals surface area contributed by atoms with Crippen molar-refractivity contribution in [1.29, 1.82) is 0 Å². The maximum absolute atomic E-state index is 11.9. The second-order valence-electron chi connectivity index (χ2n) is 5.78. The minimum absolute atomic E-state index is 0.0252. The van der Waals surface area contributed by atoms with Crippen molar-refractivity contribution in [2.45, 2.75) is 32.9 Å². The van der Waals surface area contributed by atoms with Gasteiger partial charge in [-0.05, 0) is 38.1 Å². The predicted octanol–water partition coefficient (Wildman–Crippen LogP) is 2.42. The highest BCUT2D eigenvalue weighted by Crippen LogP contribution is 2.16. The molecule has 0 aromatic heterocycles. The SMILES string of the molecule is C=CCOC(=O)N(CC(O)COc1ccc(NC(C)=O)cc1)C(C)C. The molecule has 0 aliphatic heterocycles. The molecular formula is C18H26N2O5. The molecule has 0 heterocycles. The van der Waals surface area contributed by atoms with Crippen molar-refractivity contribution in [2.75, 3.05) is 25.1 Å². The molecule has 0 bridgehead atoms. The average molecular weight is 350 g/mol. The first-order valence-electron chi connectivity index (χ1n) is 8.06. The smallest absolute Gasteiger partial charge is 0.410 e. The van der Waals surface area contributed by atoms with Crippen LogP contribution in [0.3, 0.4) is 0 Å². The summed E-state index contributed by atoms with van der Waals surface area (Å²) in [6.07, 6.45) is 0.114. The van der Waals surface area contributed by atoms with Gasteiger partial charge in [-0.25, -0.2) is 4.79 Å².